The number of benzene rings is 1. The van der Waals surface area contributed by atoms with Gasteiger partial charge in [0.15, 0.2) is 11.5 Å². The Morgan fingerprint density at radius 1 is 1.38 bits per heavy atom. The number of hydrogen-bond acceptors (Lipinski definition) is 4. The molecule has 1 heterocycles. The summed E-state index contributed by atoms with van der Waals surface area (Å²) in [6.45, 7) is 6.03. The zero-order valence-electron chi connectivity index (χ0n) is 15.0. The highest BCUT2D eigenvalue weighted by molar-refractivity contribution is 5.79. The number of methoxy groups -OCH3 is 1. The molecule has 0 saturated carbocycles. The van der Waals surface area contributed by atoms with Gasteiger partial charge in [0, 0.05) is 6.61 Å². The SMILES string of the molecule is CCCCCOc1ccc(C(C)NC(=O)C2CCOC2)cc1OC. The Kier molecular flexibility index (Phi) is 7.37. The second-order valence-electron chi connectivity index (χ2n) is 6.26. The van der Waals surface area contributed by atoms with Gasteiger partial charge < -0.3 is 19.5 Å². The molecule has 2 rings (SSSR count). The molecule has 1 aliphatic heterocycles. The predicted octanol–water partition coefficient (Wildman–Crippen LogP) is 3.48. The summed E-state index contributed by atoms with van der Waals surface area (Å²) >= 11 is 0. The molecule has 1 aromatic carbocycles. The zero-order chi connectivity index (χ0) is 17.4. The number of rotatable bonds is 9. The highest BCUT2D eigenvalue weighted by atomic mass is 16.5. The summed E-state index contributed by atoms with van der Waals surface area (Å²) in [5.74, 6) is 1.48. The van der Waals surface area contributed by atoms with Crippen LogP contribution in [-0.2, 0) is 9.53 Å². The van der Waals surface area contributed by atoms with Crippen LogP contribution in [0, 0.1) is 5.92 Å². The third-order valence-corrected chi connectivity index (χ3v) is 4.35. The van der Waals surface area contributed by atoms with Gasteiger partial charge in [-0.05, 0) is 37.5 Å². The first-order valence-corrected chi connectivity index (χ1v) is 8.84. The topological polar surface area (TPSA) is 56.8 Å². The summed E-state index contributed by atoms with van der Waals surface area (Å²) in [5, 5.41) is 3.05. The van der Waals surface area contributed by atoms with Crippen LogP contribution in [-0.4, -0.2) is 32.8 Å². The van der Waals surface area contributed by atoms with Crippen molar-refractivity contribution in [1.29, 1.82) is 0 Å². The van der Waals surface area contributed by atoms with Gasteiger partial charge in [-0.25, -0.2) is 0 Å². The standard InChI is InChI=1S/C19H29NO4/c1-4-5-6-10-24-17-8-7-15(12-18(17)22-3)14(2)20-19(21)16-9-11-23-13-16/h7-8,12,14,16H,4-6,9-11,13H2,1-3H3,(H,20,21). The van der Waals surface area contributed by atoms with E-state index >= 15 is 0 Å². The van der Waals surface area contributed by atoms with E-state index in [1.54, 1.807) is 7.11 Å². The Labute approximate surface area is 144 Å². The molecule has 1 amide bonds. The van der Waals surface area contributed by atoms with E-state index in [-0.39, 0.29) is 17.9 Å². The van der Waals surface area contributed by atoms with Crippen LogP contribution < -0.4 is 14.8 Å². The van der Waals surface area contributed by atoms with E-state index in [1.165, 1.54) is 6.42 Å². The van der Waals surface area contributed by atoms with E-state index in [4.69, 9.17) is 14.2 Å². The van der Waals surface area contributed by atoms with E-state index in [1.807, 2.05) is 25.1 Å². The number of nitrogens with one attached hydrogen (secondary N) is 1. The number of hydrogen-bond donors (Lipinski definition) is 1. The van der Waals surface area contributed by atoms with Crippen molar-refractivity contribution >= 4 is 5.91 Å². The minimum atomic E-state index is -0.0823. The summed E-state index contributed by atoms with van der Waals surface area (Å²) < 4.78 is 16.5. The molecular weight excluding hydrogens is 306 g/mol. The van der Waals surface area contributed by atoms with Crippen LogP contribution in [0.2, 0.25) is 0 Å². The molecular formula is C19H29NO4. The van der Waals surface area contributed by atoms with Crippen molar-refractivity contribution in [3.05, 3.63) is 23.8 Å². The third kappa shape index (κ3) is 5.13. The van der Waals surface area contributed by atoms with Gasteiger partial charge in [-0.2, -0.15) is 0 Å². The molecule has 0 radical (unpaired) electrons. The molecule has 2 unspecified atom stereocenters. The van der Waals surface area contributed by atoms with Gasteiger partial charge in [0.2, 0.25) is 5.91 Å². The van der Waals surface area contributed by atoms with Crippen molar-refractivity contribution < 1.29 is 19.0 Å². The van der Waals surface area contributed by atoms with Crippen molar-refractivity contribution in [2.24, 2.45) is 5.92 Å². The van der Waals surface area contributed by atoms with Crippen molar-refractivity contribution in [3.63, 3.8) is 0 Å². The number of carbonyl (C=O) groups is 1. The average Bonchev–Trinajstić information content (AvgIpc) is 3.13. The minimum absolute atomic E-state index is 0.0319. The lowest BCUT2D eigenvalue weighted by molar-refractivity contribution is -0.125. The van der Waals surface area contributed by atoms with Gasteiger partial charge in [-0.3, -0.25) is 4.79 Å². The van der Waals surface area contributed by atoms with Crippen LogP contribution in [0.25, 0.3) is 0 Å². The molecule has 0 bridgehead atoms. The lowest BCUT2D eigenvalue weighted by atomic mass is 10.0. The quantitative estimate of drug-likeness (QED) is 0.702. The van der Waals surface area contributed by atoms with Gasteiger partial charge in [0.25, 0.3) is 0 Å². The molecule has 0 spiro atoms. The third-order valence-electron chi connectivity index (χ3n) is 4.35. The fourth-order valence-corrected chi connectivity index (χ4v) is 2.76. The van der Waals surface area contributed by atoms with E-state index in [0.717, 1.165) is 30.6 Å². The average molecular weight is 335 g/mol. The minimum Gasteiger partial charge on any atom is -0.493 e. The molecule has 0 aliphatic carbocycles. The van der Waals surface area contributed by atoms with Crippen LogP contribution in [0.3, 0.4) is 0 Å². The summed E-state index contributed by atoms with van der Waals surface area (Å²) in [6, 6.07) is 5.75. The summed E-state index contributed by atoms with van der Waals surface area (Å²) in [7, 11) is 1.64. The normalized spacial score (nSPS) is 18.2. The first-order valence-electron chi connectivity index (χ1n) is 8.84. The van der Waals surface area contributed by atoms with Gasteiger partial charge in [0.1, 0.15) is 0 Å². The maximum atomic E-state index is 12.2. The van der Waals surface area contributed by atoms with Gasteiger partial charge in [-0.15, -0.1) is 0 Å². The Bertz CT molecular complexity index is 526. The molecule has 1 N–H and O–H groups in total. The maximum Gasteiger partial charge on any atom is 0.225 e. The van der Waals surface area contributed by atoms with Crippen molar-refractivity contribution in [2.45, 2.75) is 45.6 Å². The number of amides is 1. The van der Waals surface area contributed by atoms with E-state index in [0.29, 0.717) is 25.6 Å². The molecule has 5 heteroatoms. The number of ether oxygens (including phenoxy) is 3. The Morgan fingerprint density at radius 2 is 2.21 bits per heavy atom. The van der Waals surface area contributed by atoms with Crippen LogP contribution in [0.5, 0.6) is 11.5 Å². The Hall–Kier alpha value is -1.75. The van der Waals surface area contributed by atoms with Crippen LogP contribution in [0.15, 0.2) is 18.2 Å². The summed E-state index contributed by atoms with van der Waals surface area (Å²) in [5.41, 5.74) is 1.00. The van der Waals surface area contributed by atoms with Crippen molar-refractivity contribution in [1.82, 2.24) is 5.32 Å². The molecule has 1 saturated heterocycles. The highest BCUT2D eigenvalue weighted by Gasteiger charge is 2.25. The molecule has 24 heavy (non-hydrogen) atoms. The second kappa shape index (κ2) is 9.52. The first kappa shape index (κ1) is 18.6. The van der Waals surface area contributed by atoms with Crippen LogP contribution in [0.1, 0.15) is 51.1 Å². The van der Waals surface area contributed by atoms with E-state index in [2.05, 4.69) is 12.2 Å². The second-order valence-corrected chi connectivity index (χ2v) is 6.26. The number of unbranched alkanes of at least 4 members (excludes halogenated alkanes) is 2. The number of carbonyl (C=O) groups excluding carboxylic acids is 1. The molecule has 1 aromatic rings. The fourth-order valence-electron chi connectivity index (χ4n) is 2.76. The van der Waals surface area contributed by atoms with Crippen LogP contribution in [0.4, 0.5) is 0 Å². The lowest BCUT2D eigenvalue weighted by Crippen LogP contribution is -2.33. The largest absolute Gasteiger partial charge is 0.493 e. The summed E-state index contributed by atoms with van der Waals surface area (Å²) in [6.07, 6.45) is 4.17. The van der Waals surface area contributed by atoms with Crippen LogP contribution >= 0.6 is 0 Å². The Morgan fingerprint density at radius 3 is 2.88 bits per heavy atom. The first-order chi connectivity index (χ1) is 11.7. The van der Waals surface area contributed by atoms with Gasteiger partial charge in [-0.1, -0.05) is 25.8 Å². The van der Waals surface area contributed by atoms with E-state index in [9.17, 15) is 4.79 Å². The van der Waals surface area contributed by atoms with E-state index < -0.39 is 0 Å². The van der Waals surface area contributed by atoms with Crippen molar-refractivity contribution in [2.75, 3.05) is 26.9 Å². The molecule has 5 nitrogen and oxygen atoms in total. The van der Waals surface area contributed by atoms with Gasteiger partial charge >= 0.3 is 0 Å². The summed E-state index contributed by atoms with van der Waals surface area (Å²) in [4.78, 5) is 12.2. The molecule has 0 aromatic heterocycles. The molecule has 1 fully saturated rings. The molecule has 1 aliphatic rings. The Balaban J connectivity index is 1.95. The smallest absolute Gasteiger partial charge is 0.225 e. The zero-order valence-corrected chi connectivity index (χ0v) is 15.0. The predicted molar refractivity (Wildman–Crippen MR) is 93.5 cm³/mol. The van der Waals surface area contributed by atoms with Gasteiger partial charge in [0.05, 0.1) is 32.3 Å². The fraction of sp³-hybridized carbons (Fsp3) is 0.632. The lowest BCUT2D eigenvalue weighted by Gasteiger charge is -2.18. The maximum absolute atomic E-state index is 12.2. The molecule has 2 atom stereocenters. The highest BCUT2D eigenvalue weighted by Crippen LogP contribution is 2.30. The molecule has 134 valence electrons. The monoisotopic (exact) mass is 335 g/mol. The van der Waals surface area contributed by atoms with Crippen molar-refractivity contribution in [3.8, 4) is 11.5 Å².